The summed E-state index contributed by atoms with van der Waals surface area (Å²) < 4.78 is 6.84. The molecule has 0 bridgehead atoms. The van der Waals surface area contributed by atoms with E-state index in [9.17, 15) is 9.59 Å². The monoisotopic (exact) mass is 445 g/mol. The van der Waals surface area contributed by atoms with Crippen LogP contribution in [0.1, 0.15) is 16.6 Å². The Bertz CT molecular complexity index is 668. The lowest BCUT2D eigenvalue weighted by atomic mass is 10.2. The minimum Gasteiger partial charge on any atom is -0.448 e. The van der Waals surface area contributed by atoms with Crippen LogP contribution in [0.25, 0.3) is 0 Å². The maximum absolute atomic E-state index is 12.3. The lowest BCUT2D eigenvalue weighted by Crippen LogP contribution is -2.37. The molecule has 0 saturated carbocycles. The van der Waals surface area contributed by atoms with Crippen LogP contribution < -0.4 is 4.90 Å². The van der Waals surface area contributed by atoms with Gasteiger partial charge in [0.1, 0.15) is 4.88 Å². The smallest absolute Gasteiger partial charge is 0.349 e. The van der Waals surface area contributed by atoms with E-state index in [0.29, 0.717) is 4.88 Å². The van der Waals surface area contributed by atoms with Crippen molar-refractivity contribution in [3.05, 3.63) is 49.5 Å². The molecule has 0 radical (unpaired) electrons. The van der Waals surface area contributed by atoms with E-state index in [4.69, 9.17) is 4.74 Å². The van der Waals surface area contributed by atoms with Gasteiger partial charge in [-0.2, -0.15) is 0 Å². The van der Waals surface area contributed by atoms with E-state index in [1.807, 2.05) is 30.3 Å². The van der Waals surface area contributed by atoms with Crippen LogP contribution in [-0.4, -0.2) is 25.0 Å². The summed E-state index contributed by atoms with van der Waals surface area (Å²) >= 11 is 7.89. The summed E-state index contributed by atoms with van der Waals surface area (Å²) in [5, 5.41) is 0. The van der Waals surface area contributed by atoms with Crippen LogP contribution in [0.15, 0.2) is 44.7 Å². The number of ether oxygens (including phenoxy) is 1. The molecule has 0 saturated heterocycles. The summed E-state index contributed by atoms with van der Waals surface area (Å²) in [6, 6.07) is 10.9. The number of anilines is 1. The molecular formula is C15H13Br2NO3S. The highest BCUT2D eigenvalue weighted by Gasteiger charge is 2.24. The van der Waals surface area contributed by atoms with E-state index in [1.165, 1.54) is 16.2 Å². The Labute approximate surface area is 149 Å². The minimum atomic E-state index is -0.864. The molecule has 1 aromatic carbocycles. The number of benzene rings is 1. The van der Waals surface area contributed by atoms with Gasteiger partial charge in [-0.1, -0.05) is 18.2 Å². The molecule has 0 fully saturated rings. The first-order chi connectivity index (χ1) is 10.4. The number of hydrogen-bond acceptors (Lipinski definition) is 4. The lowest BCUT2D eigenvalue weighted by Gasteiger charge is -2.21. The maximum atomic E-state index is 12.3. The molecule has 1 unspecified atom stereocenters. The average molecular weight is 447 g/mol. The first-order valence-electron chi connectivity index (χ1n) is 6.38. The Kier molecular flexibility index (Phi) is 5.77. The largest absolute Gasteiger partial charge is 0.448 e. The second kappa shape index (κ2) is 7.39. The van der Waals surface area contributed by atoms with E-state index in [2.05, 4.69) is 31.9 Å². The van der Waals surface area contributed by atoms with Crippen LogP contribution in [0, 0.1) is 0 Å². The van der Waals surface area contributed by atoms with Crippen molar-refractivity contribution >= 4 is 60.8 Å². The summed E-state index contributed by atoms with van der Waals surface area (Å²) in [6.45, 7) is 1.57. The molecule has 4 nitrogen and oxygen atoms in total. The predicted molar refractivity (Wildman–Crippen MR) is 94.4 cm³/mol. The van der Waals surface area contributed by atoms with Crippen molar-refractivity contribution in [2.45, 2.75) is 13.0 Å². The van der Waals surface area contributed by atoms with Crippen molar-refractivity contribution in [1.29, 1.82) is 0 Å². The Morgan fingerprint density at radius 2 is 1.86 bits per heavy atom. The third kappa shape index (κ3) is 3.97. The molecule has 116 valence electrons. The first-order valence-corrected chi connectivity index (χ1v) is 8.79. The average Bonchev–Trinajstić information content (AvgIpc) is 2.86. The maximum Gasteiger partial charge on any atom is 0.349 e. The van der Waals surface area contributed by atoms with Crippen molar-refractivity contribution in [3.63, 3.8) is 0 Å². The molecule has 7 heteroatoms. The summed E-state index contributed by atoms with van der Waals surface area (Å²) in [7, 11) is 1.65. The quantitative estimate of drug-likeness (QED) is 0.650. The number of halogens is 2. The van der Waals surface area contributed by atoms with E-state index >= 15 is 0 Å². The minimum absolute atomic E-state index is 0.283. The molecule has 1 amide bonds. The summed E-state index contributed by atoms with van der Waals surface area (Å²) in [5.41, 5.74) is 0.747. The number of hydrogen-bond donors (Lipinski definition) is 0. The molecule has 1 aromatic heterocycles. The van der Waals surface area contributed by atoms with Crippen molar-refractivity contribution in [2.24, 2.45) is 0 Å². The van der Waals surface area contributed by atoms with Crippen LogP contribution in [0.5, 0.6) is 0 Å². The van der Waals surface area contributed by atoms with Gasteiger partial charge < -0.3 is 9.64 Å². The highest BCUT2D eigenvalue weighted by molar-refractivity contribution is 9.13. The number of carbonyl (C=O) groups excluding carboxylic acids is 2. The van der Waals surface area contributed by atoms with Gasteiger partial charge in [0.15, 0.2) is 6.10 Å². The van der Waals surface area contributed by atoms with Crippen LogP contribution in [0.4, 0.5) is 5.69 Å². The van der Waals surface area contributed by atoms with Crippen molar-refractivity contribution in [3.8, 4) is 0 Å². The molecule has 1 heterocycles. The molecule has 0 aliphatic heterocycles. The molecule has 22 heavy (non-hydrogen) atoms. The second-order valence-corrected chi connectivity index (χ2v) is 7.74. The molecule has 0 N–H and O–H groups in total. The standard InChI is InChI=1S/C15H13Br2NO3S/c1-9(14(19)18(2)10-6-4-3-5-7-10)21-15(20)12-8-11(16)13(17)22-12/h3-9H,1-2H3. The van der Waals surface area contributed by atoms with Gasteiger partial charge in [0.25, 0.3) is 5.91 Å². The second-order valence-electron chi connectivity index (χ2n) is 4.51. The number of carbonyl (C=O) groups is 2. The number of rotatable bonds is 4. The van der Waals surface area contributed by atoms with E-state index in [1.54, 1.807) is 20.0 Å². The zero-order chi connectivity index (χ0) is 16.3. The molecule has 2 rings (SSSR count). The van der Waals surface area contributed by atoms with E-state index in [0.717, 1.165) is 13.9 Å². The van der Waals surface area contributed by atoms with Gasteiger partial charge in [0.05, 0.1) is 3.79 Å². The summed E-state index contributed by atoms with van der Waals surface area (Å²) in [5.74, 6) is -0.798. The first kappa shape index (κ1) is 17.2. The van der Waals surface area contributed by atoms with Gasteiger partial charge in [-0.25, -0.2) is 4.79 Å². The van der Waals surface area contributed by atoms with Gasteiger partial charge >= 0.3 is 5.97 Å². The fraction of sp³-hybridized carbons (Fsp3) is 0.200. The number of thiophene rings is 1. The molecule has 1 atom stereocenters. The molecule has 0 spiro atoms. The van der Waals surface area contributed by atoms with Gasteiger partial charge in [-0.3, -0.25) is 4.79 Å². The van der Waals surface area contributed by atoms with Crippen LogP contribution in [0.3, 0.4) is 0 Å². The van der Waals surface area contributed by atoms with Crippen molar-refractivity contribution in [2.75, 3.05) is 11.9 Å². The van der Waals surface area contributed by atoms with Gasteiger partial charge in [0, 0.05) is 17.2 Å². The van der Waals surface area contributed by atoms with E-state index in [-0.39, 0.29) is 5.91 Å². The van der Waals surface area contributed by atoms with Gasteiger partial charge in [-0.15, -0.1) is 11.3 Å². The van der Waals surface area contributed by atoms with Gasteiger partial charge in [-0.05, 0) is 57.0 Å². The van der Waals surface area contributed by atoms with Crippen molar-refractivity contribution in [1.82, 2.24) is 0 Å². The Hall–Kier alpha value is -1.18. The SMILES string of the molecule is CC(OC(=O)c1cc(Br)c(Br)s1)C(=O)N(C)c1ccccc1. The third-order valence-corrected chi connectivity index (χ3v) is 6.19. The topological polar surface area (TPSA) is 46.6 Å². The fourth-order valence-electron chi connectivity index (χ4n) is 1.77. The number of esters is 1. The van der Waals surface area contributed by atoms with Crippen LogP contribution in [0.2, 0.25) is 0 Å². The number of amides is 1. The Morgan fingerprint density at radius 3 is 2.41 bits per heavy atom. The Balaban J connectivity index is 2.03. The summed E-state index contributed by atoms with van der Waals surface area (Å²) in [4.78, 5) is 26.3. The molecule has 2 aromatic rings. The van der Waals surface area contributed by atoms with Crippen LogP contribution >= 0.6 is 43.2 Å². The lowest BCUT2D eigenvalue weighted by molar-refractivity contribution is -0.126. The number of nitrogens with zero attached hydrogens (tertiary/aromatic N) is 1. The van der Waals surface area contributed by atoms with Crippen molar-refractivity contribution < 1.29 is 14.3 Å². The number of likely N-dealkylation sites (N-methyl/N-ethyl adjacent to an activating group) is 1. The highest BCUT2D eigenvalue weighted by atomic mass is 79.9. The zero-order valence-corrected chi connectivity index (χ0v) is 15.9. The van der Waals surface area contributed by atoms with Crippen LogP contribution in [-0.2, 0) is 9.53 Å². The summed E-state index contributed by atoms with van der Waals surface area (Å²) in [6.07, 6.45) is -0.864. The normalized spacial score (nSPS) is 11.8. The van der Waals surface area contributed by atoms with E-state index < -0.39 is 12.1 Å². The third-order valence-electron chi connectivity index (χ3n) is 2.95. The molecule has 0 aliphatic carbocycles. The highest BCUT2D eigenvalue weighted by Crippen LogP contribution is 2.32. The predicted octanol–water partition coefficient (Wildman–Crippen LogP) is 4.48. The number of para-hydroxylation sites is 1. The molecular weight excluding hydrogens is 434 g/mol. The van der Waals surface area contributed by atoms with Gasteiger partial charge in [0.2, 0.25) is 0 Å². The molecule has 0 aliphatic rings. The zero-order valence-electron chi connectivity index (χ0n) is 11.9. The Morgan fingerprint density at radius 1 is 1.23 bits per heavy atom. The fourth-order valence-corrected chi connectivity index (χ4v) is 3.69.